The Bertz CT molecular complexity index is 52.8. The number of hydrogen-bond donors (Lipinski definition) is 0. The second kappa shape index (κ2) is 2.67. The van der Waals surface area contributed by atoms with Crippen LogP contribution in [0.5, 0.6) is 0 Å². The van der Waals surface area contributed by atoms with Gasteiger partial charge >= 0.3 is 0 Å². The molecule has 0 aromatic carbocycles. The van der Waals surface area contributed by atoms with Gasteiger partial charge in [0.2, 0.25) is 0 Å². The molecule has 4 heavy (non-hydrogen) atoms. The molecule has 0 atom stereocenters. The lowest BCUT2D eigenvalue weighted by Gasteiger charge is -1.51. The molecule has 0 fully saturated rings. The molecule has 0 heterocycles. The third-order valence-electron chi connectivity index (χ3n) is 0.102. The van der Waals surface area contributed by atoms with Crippen molar-refractivity contribution in [3.05, 3.63) is 0 Å². The molecule has 0 amide bonds. The highest BCUT2D eigenvalue weighted by Gasteiger charge is 1.52. The van der Waals surface area contributed by atoms with E-state index in [1.54, 1.807) is 0 Å². The van der Waals surface area contributed by atoms with Crippen LogP contribution in [0, 0.1) is 0 Å². The van der Waals surface area contributed by atoms with Gasteiger partial charge in [-0.3, -0.25) is 0 Å². The van der Waals surface area contributed by atoms with Gasteiger partial charge < -0.3 is 4.79 Å². The van der Waals surface area contributed by atoms with E-state index in [9.17, 15) is 4.79 Å². The van der Waals surface area contributed by atoms with Gasteiger partial charge in [0.05, 0.1) is 0 Å². The van der Waals surface area contributed by atoms with Crippen LogP contribution >= 0.6 is 0 Å². The predicted molar refractivity (Wildman–Crippen MR) is 16.4 cm³/mol. The van der Waals surface area contributed by atoms with E-state index in [4.69, 9.17) is 2.74 Å². The molecular weight excluding hydrogens is 52.0 g/mol. The van der Waals surface area contributed by atoms with Crippen molar-refractivity contribution in [2.75, 3.05) is 0 Å². The lowest BCUT2D eigenvalue weighted by atomic mass is 10.6. The SMILES string of the molecule is [2H]CCC([3H])=O. The Hall–Kier alpha value is -0.330. The molecular formula is C3H6O. The lowest BCUT2D eigenvalue weighted by molar-refractivity contribution is -0.107. The molecule has 1 heteroatoms. The van der Waals surface area contributed by atoms with E-state index in [0.717, 1.165) is 0 Å². The summed E-state index contributed by atoms with van der Waals surface area (Å²) in [6.45, 7) is 0.0440. The topological polar surface area (TPSA) is 17.1 Å². The quantitative estimate of drug-likeness (QED) is 0.406. The van der Waals surface area contributed by atoms with Crippen molar-refractivity contribution in [3.8, 4) is 0 Å². The summed E-state index contributed by atoms with van der Waals surface area (Å²) >= 11 is 0. The zero-order chi connectivity index (χ0) is 4.99. The molecule has 24 valence electrons. The van der Waals surface area contributed by atoms with Crippen molar-refractivity contribution in [2.24, 2.45) is 0 Å². The number of carbonyl (C=O) groups excluding carboxylic acids is 1. The standard InChI is InChI=1S/C3H6O/c1-2-3-4/h3H,2H2,1H3/i1D,3T. The lowest BCUT2D eigenvalue weighted by Crippen LogP contribution is -1.55. The van der Waals surface area contributed by atoms with Gasteiger partial charge in [0.15, 0.2) is 0 Å². The Kier molecular flexibility index (Phi) is 0.801. The summed E-state index contributed by atoms with van der Waals surface area (Å²) in [6, 6.07) is 0. The second-order valence-electron chi connectivity index (χ2n) is 0.394. The van der Waals surface area contributed by atoms with Gasteiger partial charge in [-0.25, -0.2) is 0 Å². The van der Waals surface area contributed by atoms with Crippen LogP contribution < -0.4 is 0 Å². The van der Waals surface area contributed by atoms with Crippen LogP contribution in [0.25, 0.3) is 0 Å². The first kappa shape index (κ1) is 1.20. The smallest absolute Gasteiger partial charge is 0.119 e. The molecule has 0 unspecified atom stereocenters. The summed E-state index contributed by atoms with van der Waals surface area (Å²) in [5.41, 5.74) is 0. The van der Waals surface area contributed by atoms with Crippen molar-refractivity contribution in [1.82, 2.24) is 0 Å². The monoisotopic (exact) mass is 61.1 g/mol. The third-order valence-corrected chi connectivity index (χ3v) is 0.102. The van der Waals surface area contributed by atoms with Crippen LogP contribution in [0.2, 0.25) is 0 Å². The fourth-order valence-corrected chi connectivity index (χ4v) is 0. The van der Waals surface area contributed by atoms with E-state index in [0.29, 0.717) is 0 Å². The molecule has 0 saturated carbocycles. The van der Waals surface area contributed by atoms with E-state index in [-0.39, 0.29) is 13.3 Å². The van der Waals surface area contributed by atoms with E-state index < -0.39 is 6.26 Å². The van der Waals surface area contributed by atoms with Crippen LogP contribution in [0.3, 0.4) is 0 Å². The molecule has 0 saturated heterocycles. The highest BCUT2D eigenvalue weighted by Crippen LogP contribution is 1.53. The Labute approximate surface area is 28.4 Å². The second-order valence-corrected chi connectivity index (χ2v) is 0.394. The first-order chi connectivity index (χ1) is 2.77. The fourth-order valence-electron chi connectivity index (χ4n) is 0. The Morgan fingerprint density at radius 1 is 3.00 bits per heavy atom. The number of hydrogen-bond acceptors (Lipinski definition) is 1. The molecule has 0 aromatic rings. The maximum absolute atomic E-state index is 9.59. The molecule has 0 bridgehead atoms. The molecule has 0 aliphatic carbocycles. The Morgan fingerprint density at radius 3 is 3.75 bits per heavy atom. The number of aldehydes is 1. The molecule has 0 aliphatic heterocycles. The summed E-state index contributed by atoms with van der Waals surface area (Å²) in [5, 5.41) is 0. The van der Waals surface area contributed by atoms with Gasteiger partial charge in [0.25, 0.3) is 0 Å². The summed E-state index contributed by atoms with van der Waals surface area (Å²) in [6.07, 6.45) is -0.579. The molecule has 0 aliphatic rings. The minimum absolute atomic E-state index is 0.0440. The molecule has 0 aromatic heterocycles. The van der Waals surface area contributed by atoms with Gasteiger partial charge in [-0.05, 0) is 0 Å². The molecule has 0 spiro atoms. The molecule has 0 radical (unpaired) electrons. The van der Waals surface area contributed by atoms with Gasteiger partial charge in [0.1, 0.15) is 7.63 Å². The third kappa shape index (κ3) is 1.67. The van der Waals surface area contributed by atoms with E-state index in [1.807, 2.05) is 0 Å². The highest BCUT2D eigenvalue weighted by molar-refractivity contribution is 5.48. The zero-order valence-electron chi connectivity index (χ0n) is 4.32. The minimum atomic E-state index is -0.648. The normalized spacial score (nSPS) is 13.0. The van der Waals surface area contributed by atoms with E-state index in [2.05, 4.69) is 0 Å². The molecule has 1 nitrogen and oxygen atoms in total. The average molecular weight is 61.1 g/mol. The van der Waals surface area contributed by atoms with Gasteiger partial charge in [-0.2, -0.15) is 0 Å². The summed E-state index contributed by atoms with van der Waals surface area (Å²) < 4.78 is 12.6. The number of rotatable bonds is 1. The first-order valence-electron chi connectivity index (χ1n) is 2.26. The summed E-state index contributed by atoms with van der Waals surface area (Å²) in [7, 11) is 0. The van der Waals surface area contributed by atoms with Crippen LogP contribution in [-0.4, -0.2) is 6.26 Å². The van der Waals surface area contributed by atoms with Gasteiger partial charge in [-0.15, -0.1) is 0 Å². The van der Waals surface area contributed by atoms with Gasteiger partial charge in [-0.1, -0.05) is 6.90 Å². The van der Waals surface area contributed by atoms with Gasteiger partial charge in [0, 0.05) is 7.79 Å². The minimum Gasteiger partial charge on any atom is -0.303 e. The molecule has 0 rings (SSSR count). The van der Waals surface area contributed by atoms with Crippen molar-refractivity contribution >= 4 is 6.26 Å². The molecule has 0 N–H and O–H groups in total. The number of carbonyl (C=O) groups is 1. The Morgan fingerprint density at radius 2 is 3.75 bits per heavy atom. The van der Waals surface area contributed by atoms with Crippen molar-refractivity contribution in [1.29, 1.82) is 0 Å². The maximum Gasteiger partial charge on any atom is 0.119 e. The first-order valence-corrected chi connectivity index (χ1v) is 1.06. The largest absolute Gasteiger partial charge is 0.303 e. The van der Waals surface area contributed by atoms with Crippen LogP contribution in [0.15, 0.2) is 0 Å². The van der Waals surface area contributed by atoms with Crippen molar-refractivity contribution in [3.63, 3.8) is 0 Å². The van der Waals surface area contributed by atoms with Crippen LogP contribution in [0.1, 0.15) is 16.1 Å². The summed E-state index contributed by atoms with van der Waals surface area (Å²) in [5.74, 6) is 0. The van der Waals surface area contributed by atoms with Crippen molar-refractivity contribution in [2.45, 2.75) is 13.3 Å². The van der Waals surface area contributed by atoms with E-state index in [1.165, 1.54) is 0 Å². The predicted octanol–water partition coefficient (Wildman–Crippen LogP) is 0.595. The Balaban J connectivity index is 2.83. The maximum atomic E-state index is 9.59. The van der Waals surface area contributed by atoms with Crippen LogP contribution in [-0.2, 0) is 4.79 Å². The van der Waals surface area contributed by atoms with E-state index >= 15 is 0 Å². The van der Waals surface area contributed by atoms with Crippen molar-refractivity contribution < 1.29 is 7.54 Å². The average Bonchev–Trinajstić information content (AvgIpc) is 1.35. The summed E-state index contributed by atoms with van der Waals surface area (Å²) in [4.78, 5) is 9.59. The van der Waals surface area contributed by atoms with Crippen LogP contribution in [0.4, 0.5) is 0 Å². The fraction of sp³-hybridized carbons (Fsp3) is 0.667. The highest BCUT2D eigenvalue weighted by atomic mass is 16.1. The zero-order valence-corrected chi connectivity index (χ0v) is 2.32.